The molecule has 0 spiro atoms. The van der Waals surface area contributed by atoms with Crippen LogP contribution >= 0.6 is 11.5 Å². The highest BCUT2D eigenvalue weighted by molar-refractivity contribution is 7.03. The summed E-state index contributed by atoms with van der Waals surface area (Å²) in [7, 11) is 0. The van der Waals surface area contributed by atoms with Crippen LogP contribution in [0.25, 0.3) is 11.6 Å². The smallest absolute Gasteiger partial charge is 0.313 e. The van der Waals surface area contributed by atoms with Gasteiger partial charge in [-0.05, 0) is 11.5 Å². The van der Waals surface area contributed by atoms with Gasteiger partial charge in [0.1, 0.15) is 0 Å². The molecule has 11 heavy (non-hydrogen) atoms. The maximum atomic E-state index is 5.20. The summed E-state index contributed by atoms with van der Waals surface area (Å²) in [4.78, 5) is 0. The number of anilines is 1. The van der Waals surface area contributed by atoms with E-state index in [1.807, 2.05) is 0 Å². The van der Waals surface area contributed by atoms with Gasteiger partial charge in [-0.3, -0.25) is 0 Å². The van der Waals surface area contributed by atoms with Crippen molar-refractivity contribution in [3.8, 4) is 11.6 Å². The standard InChI is InChI=1S/C4H3N5OS/c5-4-8-7-3(10-4)2-1-11-9-6-2/h1H,(H2,5,8). The molecule has 0 fully saturated rings. The second-order valence-electron chi connectivity index (χ2n) is 1.74. The normalized spacial score (nSPS) is 10.2. The van der Waals surface area contributed by atoms with Gasteiger partial charge < -0.3 is 10.2 Å². The van der Waals surface area contributed by atoms with Crippen LogP contribution in [0.1, 0.15) is 0 Å². The van der Waals surface area contributed by atoms with Crippen LogP contribution < -0.4 is 5.73 Å². The van der Waals surface area contributed by atoms with Crippen molar-refractivity contribution in [3.63, 3.8) is 0 Å². The fraction of sp³-hybridized carbons (Fsp3) is 0. The molecule has 0 aliphatic heterocycles. The fourth-order valence-corrected chi connectivity index (χ4v) is 1.03. The molecule has 0 aliphatic rings. The molecule has 56 valence electrons. The molecule has 0 bridgehead atoms. The van der Waals surface area contributed by atoms with Crippen LogP contribution in [0.4, 0.5) is 6.01 Å². The summed E-state index contributed by atoms with van der Waals surface area (Å²) >= 11 is 1.21. The van der Waals surface area contributed by atoms with Gasteiger partial charge in [-0.25, -0.2) is 0 Å². The van der Waals surface area contributed by atoms with Crippen LogP contribution in [0, 0.1) is 0 Å². The topological polar surface area (TPSA) is 90.7 Å². The van der Waals surface area contributed by atoms with Crippen molar-refractivity contribution in [1.29, 1.82) is 0 Å². The summed E-state index contributed by atoms with van der Waals surface area (Å²) in [6.07, 6.45) is 0. The molecular weight excluding hydrogens is 166 g/mol. The van der Waals surface area contributed by atoms with E-state index in [2.05, 4.69) is 19.8 Å². The first-order valence-corrected chi connectivity index (χ1v) is 3.56. The molecule has 0 amide bonds. The molecule has 0 saturated heterocycles. The van der Waals surface area contributed by atoms with Gasteiger partial charge in [-0.2, -0.15) is 0 Å². The lowest BCUT2D eigenvalue weighted by Crippen LogP contribution is -1.81. The second kappa shape index (κ2) is 2.27. The van der Waals surface area contributed by atoms with Crippen molar-refractivity contribution in [3.05, 3.63) is 5.38 Å². The van der Waals surface area contributed by atoms with Crippen LogP contribution in [0.15, 0.2) is 9.80 Å². The Morgan fingerprint density at radius 3 is 2.82 bits per heavy atom. The van der Waals surface area contributed by atoms with E-state index in [9.17, 15) is 0 Å². The maximum Gasteiger partial charge on any atom is 0.313 e. The highest BCUT2D eigenvalue weighted by atomic mass is 32.1. The summed E-state index contributed by atoms with van der Waals surface area (Å²) in [5.41, 5.74) is 5.75. The number of rotatable bonds is 1. The quantitative estimate of drug-likeness (QED) is 0.654. The fourth-order valence-electron chi connectivity index (χ4n) is 0.596. The van der Waals surface area contributed by atoms with Gasteiger partial charge in [-0.15, -0.1) is 10.2 Å². The number of nitrogen functional groups attached to an aromatic ring is 1. The number of hydrogen-bond donors (Lipinski definition) is 1. The average Bonchev–Trinajstić information content (AvgIpc) is 2.55. The summed E-state index contributed by atoms with van der Waals surface area (Å²) in [6, 6.07) is 0.0352. The predicted octanol–water partition coefficient (Wildman–Crippen LogP) is 0.170. The largest absolute Gasteiger partial charge is 0.402 e. The Hall–Kier alpha value is -1.50. The minimum atomic E-state index is 0.0352. The molecule has 7 heteroatoms. The number of nitrogens with zero attached hydrogens (tertiary/aromatic N) is 4. The molecule has 2 rings (SSSR count). The van der Waals surface area contributed by atoms with Crippen molar-refractivity contribution in [2.45, 2.75) is 0 Å². The lowest BCUT2D eigenvalue weighted by molar-refractivity contribution is 0.587. The Bertz CT molecular complexity index is 341. The Labute approximate surface area is 65.2 Å². The van der Waals surface area contributed by atoms with Crippen LogP contribution in [0.5, 0.6) is 0 Å². The third-order valence-electron chi connectivity index (χ3n) is 1.02. The lowest BCUT2D eigenvalue weighted by Gasteiger charge is -1.79. The van der Waals surface area contributed by atoms with Gasteiger partial charge in [0.05, 0.1) is 0 Å². The molecule has 0 saturated carbocycles. The minimum Gasteiger partial charge on any atom is -0.402 e. The lowest BCUT2D eigenvalue weighted by atomic mass is 10.5. The first-order chi connectivity index (χ1) is 5.36. The number of aromatic nitrogens is 4. The molecule has 2 aromatic rings. The van der Waals surface area contributed by atoms with E-state index in [0.717, 1.165) is 0 Å². The van der Waals surface area contributed by atoms with E-state index in [4.69, 9.17) is 10.2 Å². The highest BCUT2D eigenvalue weighted by Crippen LogP contribution is 2.15. The highest BCUT2D eigenvalue weighted by Gasteiger charge is 2.07. The predicted molar refractivity (Wildman–Crippen MR) is 37.6 cm³/mol. The molecule has 2 aromatic heterocycles. The summed E-state index contributed by atoms with van der Waals surface area (Å²) in [5.74, 6) is 0.302. The van der Waals surface area contributed by atoms with Gasteiger partial charge >= 0.3 is 6.01 Å². The van der Waals surface area contributed by atoms with E-state index in [1.165, 1.54) is 11.5 Å². The van der Waals surface area contributed by atoms with E-state index in [-0.39, 0.29) is 6.01 Å². The van der Waals surface area contributed by atoms with E-state index in [0.29, 0.717) is 11.6 Å². The van der Waals surface area contributed by atoms with Crippen molar-refractivity contribution in [2.24, 2.45) is 0 Å². The third kappa shape index (κ3) is 1.05. The van der Waals surface area contributed by atoms with Gasteiger partial charge in [0, 0.05) is 5.38 Å². The Morgan fingerprint density at radius 1 is 1.36 bits per heavy atom. The van der Waals surface area contributed by atoms with Crippen LogP contribution in [0.3, 0.4) is 0 Å². The second-order valence-corrected chi connectivity index (χ2v) is 2.35. The van der Waals surface area contributed by atoms with Gasteiger partial charge in [0.15, 0.2) is 5.69 Å². The van der Waals surface area contributed by atoms with Crippen molar-refractivity contribution in [2.75, 3.05) is 5.73 Å². The van der Waals surface area contributed by atoms with Gasteiger partial charge in [0.25, 0.3) is 5.89 Å². The van der Waals surface area contributed by atoms with Crippen molar-refractivity contribution in [1.82, 2.24) is 19.8 Å². The molecular formula is C4H3N5OS. The zero-order valence-electron chi connectivity index (χ0n) is 5.26. The summed E-state index contributed by atoms with van der Waals surface area (Å²) in [6.45, 7) is 0. The average molecular weight is 169 g/mol. The Morgan fingerprint density at radius 2 is 2.27 bits per heavy atom. The molecule has 0 radical (unpaired) electrons. The van der Waals surface area contributed by atoms with Crippen LogP contribution in [-0.4, -0.2) is 19.8 Å². The van der Waals surface area contributed by atoms with Crippen molar-refractivity contribution < 1.29 is 4.42 Å². The van der Waals surface area contributed by atoms with E-state index in [1.54, 1.807) is 5.38 Å². The SMILES string of the molecule is Nc1nnc(-c2csnn2)o1. The number of nitrogens with two attached hydrogens (primary N) is 1. The molecule has 0 atom stereocenters. The van der Waals surface area contributed by atoms with Crippen molar-refractivity contribution >= 4 is 17.5 Å². The van der Waals surface area contributed by atoms with Gasteiger partial charge in [-0.1, -0.05) is 9.59 Å². The first-order valence-electron chi connectivity index (χ1n) is 2.72. The van der Waals surface area contributed by atoms with Crippen LogP contribution in [-0.2, 0) is 0 Å². The van der Waals surface area contributed by atoms with Gasteiger partial charge in [0.2, 0.25) is 0 Å². The maximum absolute atomic E-state index is 5.20. The molecule has 0 aromatic carbocycles. The minimum absolute atomic E-state index is 0.0352. The molecule has 2 heterocycles. The summed E-state index contributed by atoms with van der Waals surface area (Å²) in [5, 5.41) is 12.5. The zero-order chi connectivity index (χ0) is 7.68. The first kappa shape index (κ1) is 6.23. The zero-order valence-corrected chi connectivity index (χ0v) is 6.08. The molecule has 0 unspecified atom stereocenters. The monoisotopic (exact) mass is 169 g/mol. The van der Waals surface area contributed by atoms with E-state index < -0.39 is 0 Å². The van der Waals surface area contributed by atoms with E-state index >= 15 is 0 Å². The third-order valence-corrected chi connectivity index (χ3v) is 1.52. The number of hydrogen-bond acceptors (Lipinski definition) is 7. The molecule has 2 N–H and O–H groups in total. The Kier molecular flexibility index (Phi) is 1.29. The van der Waals surface area contributed by atoms with Crippen LogP contribution in [0.2, 0.25) is 0 Å². The molecule has 0 aliphatic carbocycles. The molecule has 6 nitrogen and oxygen atoms in total. The summed E-state index contributed by atoms with van der Waals surface area (Å²) < 4.78 is 8.52. The Balaban J connectivity index is 2.45.